The zero-order valence-electron chi connectivity index (χ0n) is 13.3. The SMILES string of the molecule is NCC(C(=O)Nc1ccc2ccccc2c1)c1ccc(CO)cc1. The molecule has 0 spiro atoms. The number of anilines is 1. The Hall–Kier alpha value is -2.69. The van der Waals surface area contributed by atoms with E-state index in [-0.39, 0.29) is 19.1 Å². The van der Waals surface area contributed by atoms with Gasteiger partial charge in [0, 0.05) is 12.2 Å². The highest BCUT2D eigenvalue weighted by molar-refractivity contribution is 5.98. The number of carbonyl (C=O) groups is 1. The van der Waals surface area contributed by atoms with Gasteiger partial charge < -0.3 is 16.2 Å². The first-order chi connectivity index (χ1) is 11.7. The third-order valence-corrected chi connectivity index (χ3v) is 4.13. The van der Waals surface area contributed by atoms with Gasteiger partial charge in [-0.1, -0.05) is 54.6 Å². The highest BCUT2D eigenvalue weighted by Gasteiger charge is 2.19. The molecule has 3 aromatic rings. The highest BCUT2D eigenvalue weighted by Crippen LogP contribution is 2.22. The van der Waals surface area contributed by atoms with E-state index in [9.17, 15) is 4.79 Å². The van der Waals surface area contributed by atoms with Crippen molar-refractivity contribution >= 4 is 22.4 Å². The number of amides is 1. The summed E-state index contributed by atoms with van der Waals surface area (Å²) in [6.07, 6.45) is 0. The molecule has 4 N–H and O–H groups in total. The number of nitrogens with two attached hydrogens (primary N) is 1. The molecule has 0 heterocycles. The zero-order valence-corrected chi connectivity index (χ0v) is 13.3. The second-order valence-electron chi connectivity index (χ2n) is 5.74. The molecule has 0 radical (unpaired) electrons. The maximum absolute atomic E-state index is 12.6. The normalized spacial score (nSPS) is 12.1. The van der Waals surface area contributed by atoms with Crippen LogP contribution >= 0.6 is 0 Å². The third-order valence-electron chi connectivity index (χ3n) is 4.13. The van der Waals surface area contributed by atoms with Crippen molar-refractivity contribution < 1.29 is 9.90 Å². The molecule has 0 aromatic heterocycles. The van der Waals surface area contributed by atoms with E-state index >= 15 is 0 Å². The smallest absolute Gasteiger partial charge is 0.233 e. The van der Waals surface area contributed by atoms with Gasteiger partial charge in [-0.05, 0) is 34.0 Å². The van der Waals surface area contributed by atoms with E-state index in [0.29, 0.717) is 0 Å². The van der Waals surface area contributed by atoms with Crippen molar-refractivity contribution in [1.82, 2.24) is 0 Å². The molecule has 1 unspecified atom stereocenters. The second kappa shape index (κ2) is 7.25. The van der Waals surface area contributed by atoms with Gasteiger partial charge in [0.2, 0.25) is 5.91 Å². The van der Waals surface area contributed by atoms with Gasteiger partial charge in [-0.2, -0.15) is 0 Å². The monoisotopic (exact) mass is 320 g/mol. The van der Waals surface area contributed by atoms with Crippen LogP contribution in [0, 0.1) is 0 Å². The highest BCUT2D eigenvalue weighted by atomic mass is 16.3. The molecule has 122 valence electrons. The van der Waals surface area contributed by atoms with E-state index in [1.807, 2.05) is 54.6 Å². The predicted molar refractivity (Wildman–Crippen MR) is 96.7 cm³/mol. The molecule has 0 aliphatic rings. The minimum atomic E-state index is -0.427. The number of nitrogens with one attached hydrogen (secondary N) is 1. The Balaban J connectivity index is 1.79. The molecule has 0 bridgehead atoms. The van der Waals surface area contributed by atoms with Gasteiger partial charge in [0.15, 0.2) is 0 Å². The van der Waals surface area contributed by atoms with E-state index in [0.717, 1.165) is 27.6 Å². The summed E-state index contributed by atoms with van der Waals surface area (Å²) in [5, 5.41) is 14.3. The van der Waals surface area contributed by atoms with Crippen molar-refractivity contribution in [3.05, 3.63) is 77.9 Å². The van der Waals surface area contributed by atoms with Crippen LogP contribution in [0.15, 0.2) is 66.7 Å². The van der Waals surface area contributed by atoms with Crippen LogP contribution in [-0.2, 0) is 11.4 Å². The Kier molecular flexibility index (Phi) is 4.89. The van der Waals surface area contributed by atoms with Gasteiger partial charge in [-0.3, -0.25) is 4.79 Å². The largest absolute Gasteiger partial charge is 0.392 e. The number of rotatable bonds is 5. The fourth-order valence-electron chi connectivity index (χ4n) is 2.75. The van der Waals surface area contributed by atoms with Crippen LogP contribution in [0.5, 0.6) is 0 Å². The molecule has 0 saturated carbocycles. The van der Waals surface area contributed by atoms with E-state index < -0.39 is 5.92 Å². The molecular formula is C20H20N2O2. The topological polar surface area (TPSA) is 75.4 Å². The summed E-state index contributed by atoms with van der Waals surface area (Å²) in [6.45, 7) is 0.203. The molecule has 0 aliphatic carbocycles. The van der Waals surface area contributed by atoms with Crippen LogP contribution in [0.2, 0.25) is 0 Å². The lowest BCUT2D eigenvalue weighted by molar-refractivity contribution is -0.117. The lowest BCUT2D eigenvalue weighted by Gasteiger charge is -2.16. The minimum absolute atomic E-state index is 0.0170. The quantitative estimate of drug-likeness (QED) is 0.676. The zero-order chi connectivity index (χ0) is 16.9. The summed E-state index contributed by atoms with van der Waals surface area (Å²) in [5.74, 6) is -0.561. The first-order valence-electron chi connectivity index (χ1n) is 7.90. The Morgan fingerprint density at radius 1 is 1.00 bits per heavy atom. The lowest BCUT2D eigenvalue weighted by Crippen LogP contribution is -2.27. The molecule has 4 heteroatoms. The minimum Gasteiger partial charge on any atom is -0.392 e. The Labute approximate surface area is 140 Å². The maximum atomic E-state index is 12.6. The van der Waals surface area contributed by atoms with Crippen molar-refractivity contribution in [3.63, 3.8) is 0 Å². The van der Waals surface area contributed by atoms with Crippen LogP contribution in [0.25, 0.3) is 10.8 Å². The molecule has 0 fully saturated rings. The molecule has 0 saturated heterocycles. The van der Waals surface area contributed by atoms with Crippen LogP contribution in [0.1, 0.15) is 17.0 Å². The van der Waals surface area contributed by atoms with Crippen molar-refractivity contribution in [1.29, 1.82) is 0 Å². The molecular weight excluding hydrogens is 300 g/mol. The van der Waals surface area contributed by atoms with Crippen molar-refractivity contribution in [2.75, 3.05) is 11.9 Å². The fraction of sp³-hybridized carbons (Fsp3) is 0.150. The molecule has 3 rings (SSSR count). The van der Waals surface area contributed by atoms with Crippen molar-refractivity contribution in [2.24, 2.45) is 5.73 Å². The van der Waals surface area contributed by atoms with E-state index in [4.69, 9.17) is 10.8 Å². The molecule has 0 aliphatic heterocycles. The second-order valence-corrected chi connectivity index (χ2v) is 5.74. The molecule has 1 amide bonds. The molecule has 1 atom stereocenters. The molecule has 24 heavy (non-hydrogen) atoms. The van der Waals surface area contributed by atoms with E-state index in [1.54, 1.807) is 12.1 Å². The number of aliphatic hydroxyl groups is 1. The van der Waals surface area contributed by atoms with E-state index in [2.05, 4.69) is 5.32 Å². The number of fused-ring (bicyclic) bond motifs is 1. The Morgan fingerprint density at radius 3 is 2.38 bits per heavy atom. The number of carbonyl (C=O) groups excluding carboxylic acids is 1. The van der Waals surface area contributed by atoms with Crippen LogP contribution in [0.3, 0.4) is 0 Å². The van der Waals surface area contributed by atoms with Gasteiger partial charge in [-0.25, -0.2) is 0 Å². The van der Waals surface area contributed by atoms with Crippen molar-refractivity contribution in [3.8, 4) is 0 Å². The first-order valence-corrected chi connectivity index (χ1v) is 7.90. The standard InChI is InChI=1S/C20H20N2O2/c21-12-19(16-7-5-14(13-23)6-8-16)20(24)22-18-10-9-15-3-1-2-4-17(15)11-18/h1-11,19,23H,12-13,21H2,(H,22,24). The Bertz CT molecular complexity index is 844. The van der Waals surface area contributed by atoms with Gasteiger partial charge in [-0.15, -0.1) is 0 Å². The average Bonchev–Trinajstić information content (AvgIpc) is 2.63. The first kappa shape index (κ1) is 16.2. The average molecular weight is 320 g/mol. The number of aliphatic hydroxyl groups excluding tert-OH is 1. The third kappa shape index (κ3) is 3.45. The summed E-state index contributed by atoms with van der Waals surface area (Å²) in [5.41, 5.74) is 8.21. The van der Waals surface area contributed by atoms with Gasteiger partial charge in [0.25, 0.3) is 0 Å². The summed E-state index contributed by atoms with van der Waals surface area (Å²) in [6, 6.07) is 21.1. The summed E-state index contributed by atoms with van der Waals surface area (Å²) < 4.78 is 0. The lowest BCUT2D eigenvalue weighted by atomic mass is 9.97. The fourth-order valence-corrected chi connectivity index (χ4v) is 2.75. The summed E-state index contributed by atoms with van der Waals surface area (Å²) >= 11 is 0. The Morgan fingerprint density at radius 2 is 1.71 bits per heavy atom. The number of hydrogen-bond acceptors (Lipinski definition) is 3. The van der Waals surface area contributed by atoms with Crippen LogP contribution in [-0.4, -0.2) is 17.6 Å². The van der Waals surface area contributed by atoms with E-state index in [1.165, 1.54) is 0 Å². The van der Waals surface area contributed by atoms with Gasteiger partial charge >= 0.3 is 0 Å². The molecule has 4 nitrogen and oxygen atoms in total. The number of benzene rings is 3. The van der Waals surface area contributed by atoms with Crippen molar-refractivity contribution in [2.45, 2.75) is 12.5 Å². The summed E-state index contributed by atoms with van der Waals surface area (Å²) in [7, 11) is 0. The van der Waals surface area contributed by atoms with Gasteiger partial charge in [0.1, 0.15) is 0 Å². The molecule has 3 aromatic carbocycles. The maximum Gasteiger partial charge on any atom is 0.233 e. The number of hydrogen-bond donors (Lipinski definition) is 3. The van der Waals surface area contributed by atoms with Crippen LogP contribution < -0.4 is 11.1 Å². The summed E-state index contributed by atoms with van der Waals surface area (Å²) in [4.78, 5) is 12.6. The predicted octanol–water partition coefficient (Wildman–Crippen LogP) is 3.01. The van der Waals surface area contributed by atoms with Crippen LogP contribution in [0.4, 0.5) is 5.69 Å². The van der Waals surface area contributed by atoms with Gasteiger partial charge in [0.05, 0.1) is 12.5 Å².